The Bertz CT molecular complexity index is 1040. The highest BCUT2D eigenvalue weighted by atomic mass is 19.1. The van der Waals surface area contributed by atoms with E-state index in [0.29, 0.717) is 28.4 Å². The highest BCUT2D eigenvalue weighted by molar-refractivity contribution is 6.06. The van der Waals surface area contributed by atoms with Crippen LogP contribution >= 0.6 is 0 Å². The zero-order valence-corrected chi connectivity index (χ0v) is 15.9. The molecule has 0 aliphatic heterocycles. The van der Waals surface area contributed by atoms with Crippen LogP contribution in [-0.2, 0) is 0 Å². The molecule has 0 aliphatic carbocycles. The van der Waals surface area contributed by atoms with Crippen molar-refractivity contribution >= 4 is 23.2 Å². The van der Waals surface area contributed by atoms with Crippen LogP contribution in [0.3, 0.4) is 0 Å². The lowest BCUT2D eigenvalue weighted by Gasteiger charge is -2.11. The summed E-state index contributed by atoms with van der Waals surface area (Å²) in [5.74, 6) is -0.740. The molecule has 0 heterocycles. The van der Waals surface area contributed by atoms with Gasteiger partial charge >= 0.3 is 0 Å². The number of methoxy groups -OCH3 is 2. The van der Waals surface area contributed by atoms with Crippen LogP contribution in [0.4, 0.5) is 15.8 Å². The van der Waals surface area contributed by atoms with Crippen molar-refractivity contribution in [1.29, 1.82) is 0 Å². The van der Waals surface area contributed by atoms with E-state index in [4.69, 9.17) is 9.47 Å². The predicted octanol–water partition coefficient (Wildman–Crippen LogP) is 4.35. The molecule has 3 aromatic rings. The Morgan fingerprint density at radius 3 is 2.21 bits per heavy atom. The van der Waals surface area contributed by atoms with E-state index in [0.717, 1.165) is 6.07 Å². The van der Waals surface area contributed by atoms with Gasteiger partial charge in [0.15, 0.2) is 0 Å². The number of nitrogens with one attached hydrogen (secondary N) is 2. The van der Waals surface area contributed by atoms with Gasteiger partial charge < -0.3 is 20.1 Å². The van der Waals surface area contributed by atoms with Crippen LogP contribution in [0, 0.1) is 5.82 Å². The molecule has 3 aromatic carbocycles. The second kappa shape index (κ2) is 8.88. The van der Waals surface area contributed by atoms with Gasteiger partial charge in [-0.1, -0.05) is 12.1 Å². The first-order valence-corrected chi connectivity index (χ1v) is 8.71. The van der Waals surface area contributed by atoms with E-state index in [1.54, 1.807) is 48.5 Å². The summed E-state index contributed by atoms with van der Waals surface area (Å²) in [5.41, 5.74) is 1.26. The molecule has 0 aliphatic rings. The largest absolute Gasteiger partial charge is 0.497 e. The second-order valence-electron chi connectivity index (χ2n) is 6.03. The van der Waals surface area contributed by atoms with Gasteiger partial charge in [-0.25, -0.2) is 4.39 Å². The van der Waals surface area contributed by atoms with E-state index in [-0.39, 0.29) is 11.5 Å². The Balaban J connectivity index is 1.68. The van der Waals surface area contributed by atoms with Crippen molar-refractivity contribution in [2.75, 3.05) is 24.9 Å². The molecule has 0 unspecified atom stereocenters. The number of hydrogen-bond acceptors (Lipinski definition) is 4. The molecule has 0 aromatic heterocycles. The molecule has 6 nitrogen and oxygen atoms in total. The Morgan fingerprint density at radius 2 is 1.55 bits per heavy atom. The maximum atomic E-state index is 14.0. The zero-order valence-electron chi connectivity index (χ0n) is 15.9. The fourth-order valence-corrected chi connectivity index (χ4v) is 2.65. The van der Waals surface area contributed by atoms with E-state index < -0.39 is 11.7 Å². The number of rotatable bonds is 6. The van der Waals surface area contributed by atoms with Gasteiger partial charge in [0.1, 0.15) is 17.3 Å². The molecule has 0 radical (unpaired) electrons. The van der Waals surface area contributed by atoms with E-state index in [2.05, 4.69) is 10.6 Å². The Labute approximate surface area is 167 Å². The number of carbonyl (C=O) groups is 2. The molecular weight excluding hydrogens is 375 g/mol. The fourth-order valence-electron chi connectivity index (χ4n) is 2.65. The van der Waals surface area contributed by atoms with Gasteiger partial charge in [0, 0.05) is 17.3 Å². The highest BCUT2D eigenvalue weighted by Crippen LogP contribution is 2.24. The highest BCUT2D eigenvalue weighted by Gasteiger charge is 2.14. The summed E-state index contributed by atoms with van der Waals surface area (Å²) in [5, 5.41) is 5.37. The van der Waals surface area contributed by atoms with Crippen LogP contribution in [0.2, 0.25) is 0 Å². The summed E-state index contributed by atoms with van der Waals surface area (Å²) in [6.45, 7) is 0. The standard InChI is InChI=1S/C22H19FN2O4/c1-28-16-11-12-17(18(23)13-16)22(27)24-15-9-7-14(8-10-15)21(26)25-19-5-3-4-6-20(19)29-2/h3-13H,1-2H3,(H,24,27)(H,25,26). The molecule has 29 heavy (non-hydrogen) atoms. The number of para-hydroxylation sites is 2. The van der Waals surface area contributed by atoms with Gasteiger partial charge in [-0.05, 0) is 48.5 Å². The third kappa shape index (κ3) is 4.70. The zero-order chi connectivity index (χ0) is 20.8. The summed E-state index contributed by atoms with van der Waals surface area (Å²) < 4.78 is 24.2. The van der Waals surface area contributed by atoms with Crippen LogP contribution in [0.5, 0.6) is 11.5 Å². The maximum Gasteiger partial charge on any atom is 0.258 e. The SMILES string of the molecule is COc1ccc(C(=O)Nc2ccc(C(=O)Nc3ccccc3OC)cc2)c(F)c1. The average Bonchev–Trinajstić information content (AvgIpc) is 2.74. The maximum absolute atomic E-state index is 14.0. The minimum Gasteiger partial charge on any atom is -0.497 e. The van der Waals surface area contributed by atoms with Gasteiger partial charge in [-0.15, -0.1) is 0 Å². The van der Waals surface area contributed by atoms with Crippen molar-refractivity contribution in [1.82, 2.24) is 0 Å². The molecule has 7 heteroatoms. The molecule has 2 amide bonds. The fraction of sp³-hybridized carbons (Fsp3) is 0.0909. The van der Waals surface area contributed by atoms with Crippen LogP contribution in [-0.4, -0.2) is 26.0 Å². The van der Waals surface area contributed by atoms with E-state index in [1.165, 1.54) is 26.4 Å². The topological polar surface area (TPSA) is 76.7 Å². The molecular formula is C22H19FN2O4. The number of benzene rings is 3. The lowest BCUT2D eigenvalue weighted by molar-refractivity contribution is 0.101. The molecule has 0 saturated heterocycles. The van der Waals surface area contributed by atoms with E-state index in [9.17, 15) is 14.0 Å². The van der Waals surface area contributed by atoms with Gasteiger partial charge in [0.05, 0.1) is 25.5 Å². The first kappa shape index (κ1) is 19.9. The molecule has 0 fully saturated rings. The number of anilines is 2. The Hall–Kier alpha value is -3.87. The summed E-state index contributed by atoms with van der Waals surface area (Å²) in [6.07, 6.45) is 0. The first-order chi connectivity index (χ1) is 14.0. The number of amides is 2. The van der Waals surface area contributed by atoms with Crippen LogP contribution in [0.1, 0.15) is 20.7 Å². The molecule has 3 rings (SSSR count). The van der Waals surface area contributed by atoms with Gasteiger partial charge in [-0.3, -0.25) is 9.59 Å². The van der Waals surface area contributed by atoms with Crippen molar-refractivity contribution in [2.24, 2.45) is 0 Å². The van der Waals surface area contributed by atoms with Crippen molar-refractivity contribution in [3.63, 3.8) is 0 Å². The van der Waals surface area contributed by atoms with E-state index >= 15 is 0 Å². The number of halogens is 1. The van der Waals surface area contributed by atoms with Crippen molar-refractivity contribution in [3.8, 4) is 11.5 Å². The monoisotopic (exact) mass is 394 g/mol. The molecule has 2 N–H and O–H groups in total. The smallest absolute Gasteiger partial charge is 0.258 e. The van der Waals surface area contributed by atoms with Crippen molar-refractivity contribution in [2.45, 2.75) is 0 Å². The third-order valence-electron chi connectivity index (χ3n) is 4.18. The van der Waals surface area contributed by atoms with Crippen LogP contribution in [0.15, 0.2) is 66.7 Å². The lowest BCUT2D eigenvalue weighted by Crippen LogP contribution is -2.15. The Morgan fingerprint density at radius 1 is 0.828 bits per heavy atom. The number of ether oxygens (including phenoxy) is 2. The van der Waals surface area contributed by atoms with E-state index in [1.807, 2.05) is 0 Å². The molecule has 0 spiro atoms. The summed E-state index contributed by atoms with van der Waals surface area (Å²) >= 11 is 0. The number of hydrogen-bond donors (Lipinski definition) is 2. The molecule has 0 atom stereocenters. The van der Waals surface area contributed by atoms with Crippen LogP contribution in [0.25, 0.3) is 0 Å². The summed E-state index contributed by atoms with van der Waals surface area (Å²) in [4.78, 5) is 24.7. The normalized spacial score (nSPS) is 10.2. The second-order valence-corrected chi connectivity index (χ2v) is 6.03. The molecule has 148 valence electrons. The summed E-state index contributed by atoms with van der Waals surface area (Å²) in [6, 6.07) is 17.3. The van der Waals surface area contributed by atoms with Crippen molar-refractivity contribution < 1.29 is 23.5 Å². The van der Waals surface area contributed by atoms with Crippen LogP contribution < -0.4 is 20.1 Å². The Kier molecular flexibility index (Phi) is 6.09. The minimum atomic E-state index is -0.686. The average molecular weight is 394 g/mol. The van der Waals surface area contributed by atoms with Crippen molar-refractivity contribution in [3.05, 3.63) is 83.7 Å². The van der Waals surface area contributed by atoms with Gasteiger partial charge in [0.2, 0.25) is 0 Å². The quantitative estimate of drug-likeness (QED) is 0.652. The minimum absolute atomic E-state index is 0.108. The third-order valence-corrected chi connectivity index (χ3v) is 4.18. The van der Waals surface area contributed by atoms with Gasteiger partial charge in [-0.2, -0.15) is 0 Å². The first-order valence-electron chi connectivity index (χ1n) is 8.71. The number of carbonyl (C=O) groups excluding carboxylic acids is 2. The predicted molar refractivity (Wildman–Crippen MR) is 108 cm³/mol. The summed E-state index contributed by atoms with van der Waals surface area (Å²) in [7, 11) is 2.94. The molecule has 0 bridgehead atoms. The molecule has 0 saturated carbocycles. The lowest BCUT2D eigenvalue weighted by atomic mass is 10.1. The van der Waals surface area contributed by atoms with Gasteiger partial charge in [0.25, 0.3) is 11.8 Å².